The Kier molecular flexibility index (Phi) is 3.92. The molecule has 1 unspecified atom stereocenters. The summed E-state index contributed by atoms with van der Waals surface area (Å²) in [4.78, 5) is 18.8. The van der Waals surface area contributed by atoms with Crippen molar-refractivity contribution in [2.24, 2.45) is 5.92 Å². The third kappa shape index (κ3) is 3.08. The van der Waals surface area contributed by atoms with Crippen molar-refractivity contribution in [2.45, 2.75) is 12.8 Å². The summed E-state index contributed by atoms with van der Waals surface area (Å²) in [5.74, 6) is 1.36. The fourth-order valence-corrected chi connectivity index (χ4v) is 2.65. The first-order valence-electron chi connectivity index (χ1n) is 7.08. The van der Waals surface area contributed by atoms with Crippen LogP contribution in [0.1, 0.15) is 12.8 Å². The van der Waals surface area contributed by atoms with Crippen LogP contribution in [0.15, 0.2) is 24.5 Å². The molecule has 7 heteroatoms. The number of non-ortho nitro benzene ring substituents is 1. The highest BCUT2D eigenvalue weighted by molar-refractivity contribution is 5.90. The van der Waals surface area contributed by atoms with E-state index >= 15 is 0 Å². The molecule has 0 spiro atoms. The lowest BCUT2D eigenvalue weighted by molar-refractivity contribution is -0.384. The largest absolute Gasteiger partial charge is 0.369 e. The monoisotopic (exact) mass is 287 g/mol. The number of nitrogens with zero attached hydrogens (tertiary/aromatic N) is 3. The Bertz CT molecular complexity index is 655. The van der Waals surface area contributed by atoms with Gasteiger partial charge >= 0.3 is 0 Å². The van der Waals surface area contributed by atoms with Crippen LogP contribution in [-0.2, 0) is 0 Å². The van der Waals surface area contributed by atoms with Crippen LogP contribution >= 0.6 is 0 Å². The van der Waals surface area contributed by atoms with Gasteiger partial charge in [-0.2, -0.15) is 0 Å². The van der Waals surface area contributed by atoms with Gasteiger partial charge in [0.2, 0.25) is 0 Å². The molecule has 2 heterocycles. The lowest BCUT2D eigenvalue weighted by Crippen LogP contribution is -2.13. The third-order valence-corrected chi connectivity index (χ3v) is 3.84. The van der Waals surface area contributed by atoms with Gasteiger partial charge in [-0.05, 0) is 37.9 Å². The second-order valence-corrected chi connectivity index (χ2v) is 5.26. The Morgan fingerprint density at radius 3 is 3.10 bits per heavy atom. The van der Waals surface area contributed by atoms with Gasteiger partial charge < -0.3 is 10.6 Å². The molecule has 0 radical (unpaired) electrons. The molecule has 1 fully saturated rings. The van der Waals surface area contributed by atoms with E-state index in [0.29, 0.717) is 22.6 Å². The standard InChI is InChI=1S/C14H17N5O2/c20-19(21)11-1-2-13-12(7-11)14(18-9-17-13)16-6-4-10-3-5-15-8-10/h1-2,7,9-10,15H,3-6,8H2,(H,16,17,18). The van der Waals surface area contributed by atoms with E-state index in [4.69, 9.17) is 0 Å². The smallest absolute Gasteiger partial charge is 0.270 e. The highest BCUT2D eigenvalue weighted by Crippen LogP contribution is 2.24. The van der Waals surface area contributed by atoms with Gasteiger partial charge in [-0.3, -0.25) is 10.1 Å². The number of nitro benzene ring substituents is 1. The third-order valence-electron chi connectivity index (χ3n) is 3.84. The fraction of sp³-hybridized carbons (Fsp3) is 0.429. The van der Waals surface area contributed by atoms with Gasteiger partial charge in [-0.25, -0.2) is 9.97 Å². The van der Waals surface area contributed by atoms with Crippen molar-refractivity contribution in [3.63, 3.8) is 0 Å². The molecule has 7 nitrogen and oxygen atoms in total. The van der Waals surface area contributed by atoms with E-state index in [0.717, 1.165) is 26.1 Å². The molecular weight excluding hydrogens is 270 g/mol. The number of benzene rings is 1. The number of rotatable bonds is 5. The number of hydrogen-bond donors (Lipinski definition) is 2. The van der Waals surface area contributed by atoms with Crippen LogP contribution in [0.25, 0.3) is 10.9 Å². The molecule has 0 amide bonds. The van der Waals surface area contributed by atoms with Crippen LogP contribution in [0.5, 0.6) is 0 Å². The fourth-order valence-electron chi connectivity index (χ4n) is 2.65. The highest BCUT2D eigenvalue weighted by Gasteiger charge is 2.14. The van der Waals surface area contributed by atoms with E-state index in [2.05, 4.69) is 20.6 Å². The first kappa shape index (κ1) is 13.7. The summed E-state index contributed by atoms with van der Waals surface area (Å²) in [6.07, 6.45) is 3.75. The quantitative estimate of drug-likeness (QED) is 0.645. The molecule has 21 heavy (non-hydrogen) atoms. The molecule has 1 saturated heterocycles. The van der Waals surface area contributed by atoms with Crippen molar-refractivity contribution >= 4 is 22.4 Å². The molecule has 0 bridgehead atoms. The average Bonchev–Trinajstić information content (AvgIpc) is 3.00. The van der Waals surface area contributed by atoms with E-state index in [-0.39, 0.29) is 5.69 Å². The predicted octanol–water partition coefficient (Wildman–Crippen LogP) is 1.95. The number of nitrogens with one attached hydrogen (secondary N) is 2. The minimum absolute atomic E-state index is 0.0559. The maximum atomic E-state index is 10.9. The van der Waals surface area contributed by atoms with Gasteiger partial charge in [-0.15, -0.1) is 0 Å². The second-order valence-electron chi connectivity index (χ2n) is 5.26. The highest BCUT2D eigenvalue weighted by atomic mass is 16.6. The van der Waals surface area contributed by atoms with E-state index in [1.807, 2.05) is 0 Å². The van der Waals surface area contributed by atoms with Crippen molar-refractivity contribution in [2.75, 3.05) is 25.0 Å². The maximum Gasteiger partial charge on any atom is 0.270 e. The van der Waals surface area contributed by atoms with Crippen LogP contribution in [-0.4, -0.2) is 34.5 Å². The molecule has 0 saturated carbocycles. The van der Waals surface area contributed by atoms with E-state index in [9.17, 15) is 10.1 Å². The molecular formula is C14H17N5O2. The summed E-state index contributed by atoms with van der Waals surface area (Å²) >= 11 is 0. The second kappa shape index (κ2) is 6.01. The van der Waals surface area contributed by atoms with E-state index in [1.54, 1.807) is 6.07 Å². The van der Waals surface area contributed by atoms with Crippen LogP contribution < -0.4 is 10.6 Å². The number of fused-ring (bicyclic) bond motifs is 1. The topological polar surface area (TPSA) is 93.0 Å². The molecule has 2 N–H and O–H groups in total. The van der Waals surface area contributed by atoms with Crippen LogP contribution in [0.3, 0.4) is 0 Å². The zero-order valence-corrected chi connectivity index (χ0v) is 11.6. The van der Waals surface area contributed by atoms with Gasteiger partial charge in [0.15, 0.2) is 0 Å². The van der Waals surface area contributed by atoms with Crippen molar-refractivity contribution in [3.05, 3.63) is 34.6 Å². The van der Waals surface area contributed by atoms with Crippen molar-refractivity contribution in [1.29, 1.82) is 0 Å². The number of hydrogen-bond acceptors (Lipinski definition) is 6. The van der Waals surface area contributed by atoms with Crippen molar-refractivity contribution in [3.8, 4) is 0 Å². The van der Waals surface area contributed by atoms with Crippen molar-refractivity contribution < 1.29 is 4.92 Å². The molecule has 1 aromatic heterocycles. The molecule has 1 aromatic carbocycles. The van der Waals surface area contributed by atoms with Gasteiger partial charge in [0.25, 0.3) is 5.69 Å². The molecule has 3 rings (SSSR count). The van der Waals surface area contributed by atoms with Gasteiger partial charge in [-0.1, -0.05) is 0 Å². The Labute approximate surface area is 121 Å². The van der Waals surface area contributed by atoms with Gasteiger partial charge in [0.1, 0.15) is 12.1 Å². The summed E-state index contributed by atoms with van der Waals surface area (Å²) in [7, 11) is 0. The lowest BCUT2D eigenvalue weighted by atomic mass is 10.1. The molecule has 0 aliphatic carbocycles. The van der Waals surface area contributed by atoms with E-state index in [1.165, 1.54) is 24.9 Å². The molecule has 110 valence electrons. The lowest BCUT2D eigenvalue weighted by Gasteiger charge is -2.11. The van der Waals surface area contributed by atoms with Crippen LogP contribution in [0, 0.1) is 16.0 Å². The summed E-state index contributed by atoms with van der Waals surface area (Å²) in [5, 5.41) is 18.2. The Balaban J connectivity index is 1.76. The number of nitro groups is 1. The zero-order valence-electron chi connectivity index (χ0n) is 11.6. The number of aromatic nitrogens is 2. The molecule has 2 aromatic rings. The van der Waals surface area contributed by atoms with Gasteiger partial charge in [0, 0.05) is 24.1 Å². The Morgan fingerprint density at radius 2 is 2.33 bits per heavy atom. The summed E-state index contributed by atoms with van der Waals surface area (Å²) in [6.45, 7) is 2.96. The summed E-state index contributed by atoms with van der Waals surface area (Å²) in [6, 6.07) is 4.64. The summed E-state index contributed by atoms with van der Waals surface area (Å²) < 4.78 is 0. The predicted molar refractivity (Wildman–Crippen MR) is 80.3 cm³/mol. The van der Waals surface area contributed by atoms with E-state index < -0.39 is 4.92 Å². The van der Waals surface area contributed by atoms with Gasteiger partial charge in [0.05, 0.1) is 10.4 Å². The van der Waals surface area contributed by atoms with Crippen LogP contribution in [0.4, 0.5) is 11.5 Å². The minimum atomic E-state index is -0.402. The normalized spacial score (nSPS) is 18.0. The molecule has 1 aliphatic heterocycles. The number of anilines is 1. The molecule has 1 atom stereocenters. The summed E-state index contributed by atoms with van der Waals surface area (Å²) in [5.41, 5.74) is 0.765. The SMILES string of the molecule is O=[N+]([O-])c1ccc2ncnc(NCCC3CCNC3)c2c1. The Hall–Kier alpha value is -2.28. The van der Waals surface area contributed by atoms with Crippen molar-refractivity contribution in [1.82, 2.24) is 15.3 Å². The first-order chi connectivity index (χ1) is 10.2. The van der Waals surface area contributed by atoms with Crippen LogP contribution in [0.2, 0.25) is 0 Å². The average molecular weight is 287 g/mol. The molecule has 1 aliphatic rings. The zero-order chi connectivity index (χ0) is 14.7. The minimum Gasteiger partial charge on any atom is -0.369 e. The maximum absolute atomic E-state index is 10.9. The first-order valence-corrected chi connectivity index (χ1v) is 7.08. The Morgan fingerprint density at radius 1 is 1.43 bits per heavy atom.